The zero-order valence-corrected chi connectivity index (χ0v) is 10.7. The van der Waals surface area contributed by atoms with Gasteiger partial charge in [-0.05, 0) is 11.6 Å². The van der Waals surface area contributed by atoms with Crippen molar-refractivity contribution in [3.8, 4) is 0 Å². The third-order valence-electron chi connectivity index (χ3n) is 2.10. The van der Waals surface area contributed by atoms with Crippen molar-refractivity contribution in [3.05, 3.63) is 45.4 Å². The molecule has 0 bridgehead atoms. The molecule has 0 spiro atoms. The van der Waals surface area contributed by atoms with Crippen LogP contribution in [0.3, 0.4) is 0 Å². The Morgan fingerprint density at radius 3 is 2.87 bits per heavy atom. The summed E-state index contributed by atoms with van der Waals surface area (Å²) in [4.78, 5) is 4.45. The fourth-order valence-electron chi connectivity index (χ4n) is 1.34. The SMILES string of the molecule is CNc1nc(Cc2ccccc2Br)cs1. The molecule has 0 radical (unpaired) electrons. The molecule has 0 aliphatic heterocycles. The van der Waals surface area contributed by atoms with Crippen molar-refractivity contribution in [2.24, 2.45) is 0 Å². The predicted octanol–water partition coefficient (Wildman–Crippen LogP) is 3.54. The van der Waals surface area contributed by atoms with Gasteiger partial charge in [0.2, 0.25) is 0 Å². The number of anilines is 1. The lowest BCUT2D eigenvalue weighted by Gasteiger charge is -2.00. The normalized spacial score (nSPS) is 10.3. The van der Waals surface area contributed by atoms with Crippen molar-refractivity contribution in [1.29, 1.82) is 0 Å². The number of aromatic nitrogens is 1. The van der Waals surface area contributed by atoms with Gasteiger partial charge in [0, 0.05) is 23.3 Å². The number of nitrogens with zero attached hydrogens (tertiary/aromatic N) is 1. The summed E-state index contributed by atoms with van der Waals surface area (Å²) in [5.74, 6) is 0. The second-order valence-corrected chi connectivity index (χ2v) is 4.87. The molecule has 0 aliphatic carbocycles. The number of nitrogens with one attached hydrogen (secondary N) is 1. The average molecular weight is 283 g/mol. The molecule has 0 unspecified atom stereocenters. The Bertz CT molecular complexity index is 453. The maximum absolute atomic E-state index is 4.45. The second kappa shape index (κ2) is 4.77. The van der Waals surface area contributed by atoms with Gasteiger partial charge in [0.25, 0.3) is 0 Å². The van der Waals surface area contributed by atoms with Crippen LogP contribution in [0.4, 0.5) is 5.13 Å². The van der Waals surface area contributed by atoms with Crippen LogP contribution >= 0.6 is 27.3 Å². The summed E-state index contributed by atoms with van der Waals surface area (Å²) in [6, 6.07) is 8.24. The summed E-state index contributed by atoms with van der Waals surface area (Å²) in [6.07, 6.45) is 0.875. The molecule has 2 aromatic rings. The summed E-state index contributed by atoms with van der Waals surface area (Å²) in [5.41, 5.74) is 2.38. The van der Waals surface area contributed by atoms with Gasteiger partial charge < -0.3 is 5.32 Å². The highest BCUT2D eigenvalue weighted by Crippen LogP contribution is 2.22. The van der Waals surface area contributed by atoms with Crippen molar-refractivity contribution in [1.82, 2.24) is 4.98 Å². The van der Waals surface area contributed by atoms with E-state index in [1.54, 1.807) is 11.3 Å². The number of halogens is 1. The molecule has 0 atom stereocenters. The third kappa shape index (κ3) is 2.58. The third-order valence-corrected chi connectivity index (χ3v) is 3.78. The first-order valence-electron chi connectivity index (χ1n) is 4.65. The van der Waals surface area contributed by atoms with E-state index in [0.717, 1.165) is 21.7 Å². The van der Waals surface area contributed by atoms with Gasteiger partial charge >= 0.3 is 0 Å². The second-order valence-electron chi connectivity index (χ2n) is 3.16. The van der Waals surface area contributed by atoms with Gasteiger partial charge in [0.15, 0.2) is 5.13 Å². The molecule has 78 valence electrons. The average Bonchev–Trinajstić information content (AvgIpc) is 2.69. The maximum Gasteiger partial charge on any atom is 0.182 e. The first kappa shape index (κ1) is 10.6. The molecule has 2 rings (SSSR count). The van der Waals surface area contributed by atoms with Crippen molar-refractivity contribution >= 4 is 32.4 Å². The van der Waals surface area contributed by atoms with Gasteiger partial charge in [-0.15, -0.1) is 11.3 Å². The molecule has 0 saturated heterocycles. The molecule has 0 fully saturated rings. The Kier molecular flexibility index (Phi) is 3.38. The molecule has 1 heterocycles. The Hall–Kier alpha value is -0.870. The Morgan fingerprint density at radius 2 is 2.20 bits per heavy atom. The van der Waals surface area contributed by atoms with E-state index < -0.39 is 0 Å². The highest BCUT2D eigenvalue weighted by Gasteiger charge is 2.04. The van der Waals surface area contributed by atoms with E-state index in [1.807, 2.05) is 19.2 Å². The Balaban J connectivity index is 2.18. The molecule has 0 aliphatic rings. The molecule has 0 amide bonds. The highest BCUT2D eigenvalue weighted by atomic mass is 79.9. The summed E-state index contributed by atoms with van der Waals surface area (Å²) >= 11 is 5.17. The van der Waals surface area contributed by atoms with E-state index in [1.165, 1.54) is 5.56 Å². The van der Waals surface area contributed by atoms with Gasteiger partial charge in [0.05, 0.1) is 5.69 Å². The topological polar surface area (TPSA) is 24.9 Å². The fraction of sp³-hybridized carbons (Fsp3) is 0.182. The highest BCUT2D eigenvalue weighted by molar-refractivity contribution is 9.10. The van der Waals surface area contributed by atoms with Gasteiger partial charge in [-0.1, -0.05) is 34.1 Å². The van der Waals surface area contributed by atoms with E-state index in [9.17, 15) is 0 Å². The smallest absolute Gasteiger partial charge is 0.182 e. The van der Waals surface area contributed by atoms with Crippen LogP contribution in [0.5, 0.6) is 0 Å². The van der Waals surface area contributed by atoms with Crippen molar-refractivity contribution in [3.63, 3.8) is 0 Å². The quantitative estimate of drug-likeness (QED) is 0.932. The number of benzene rings is 1. The zero-order chi connectivity index (χ0) is 10.7. The van der Waals surface area contributed by atoms with Crippen LogP contribution in [0.25, 0.3) is 0 Å². The number of rotatable bonds is 3. The Labute approximate surface area is 101 Å². The molecule has 2 nitrogen and oxygen atoms in total. The minimum absolute atomic E-state index is 0.875. The lowest BCUT2D eigenvalue weighted by Crippen LogP contribution is -1.91. The number of thiazole rings is 1. The standard InChI is InChI=1S/C11H11BrN2S/c1-13-11-14-9(7-15-11)6-8-4-2-3-5-10(8)12/h2-5,7H,6H2,1H3,(H,13,14). The monoisotopic (exact) mass is 282 g/mol. The van der Waals surface area contributed by atoms with E-state index in [0.29, 0.717) is 0 Å². The molecule has 1 aromatic heterocycles. The van der Waals surface area contributed by atoms with Crippen molar-refractivity contribution in [2.75, 3.05) is 12.4 Å². The zero-order valence-electron chi connectivity index (χ0n) is 8.33. The number of hydrogen-bond donors (Lipinski definition) is 1. The van der Waals surface area contributed by atoms with Gasteiger partial charge in [-0.3, -0.25) is 0 Å². The first-order chi connectivity index (χ1) is 7.29. The molecule has 1 N–H and O–H groups in total. The molecular formula is C11H11BrN2S. The predicted molar refractivity (Wildman–Crippen MR) is 68.6 cm³/mol. The van der Waals surface area contributed by atoms with Crippen LogP contribution in [-0.4, -0.2) is 12.0 Å². The maximum atomic E-state index is 4.45. The fourth-order valence-corrected chi connectivity index (χ4v) is 2.44. The van der Waals surface area contributed by atoms with E-state index in [-0.39, 0.29) is 0 Å². The van der Waals surface area contributed by atoms with Gasteiger partial charge in [-0.25, -0.2) is 4.98 Å². The van der Waals surface area contributed by atoms with Crippen LogP contribution < -0.4 is 5.32 Å². The van der Waals surface area contributed by atoms with Crippen LogP contribution in [0.15, 0.2) is 34.1 Å². The van der Waals surface area contributed by atoms with Gasteiger partial charge in [-0.2, -0.15) is 0 Å². The van der Waals surface area contributed by atoms with E-state index in [2.05, 4.69) is 43.7 Å². The van der Waals surface area contributed by atoms with Crippen LogP contribution in [-0.2, 0) is 6.42 Å². The molecule has 1 aromatic carbocycles. The lowest BCUT2D eigenvalue weighted by molar-refractivity contribution is 1.10. The van der Waals surface area contributed by atoms with E-state index >= 15 is 0 Å². The molecule has 0 saturated carbocycles. The molecule has 15 heavy (non-hydrogen) atoms. The van der Waals surface area contributed by atoms with Crippen LogP contribution in [0.2, 0.25) is 0 Å². The summed E-state index contributed by atoms with van der Waals surface area (Å²) in [6.45, 7) is 0. The molecular weight excluding hydrogens is 272 g/mol. The lowest BCUT2D eigenvalue weighted by atomic mass is 10.1. The summed E-state index contributed by atoms with van der Waals surface area (Å²) in [7, 11) is 1.89. The van der Waals surface area contributed by atoms with Crippen LogP contribution in [0.1, 0.15) is 11.3 Å². The summed E-state index contributed by atoms with van der Waals surface area (Å²) in [5, 5.41) is 6.10. The minimum atomic E-state index is 0.875. The minimum Gasteiger partial charge on any atom is -0.365 e. The van der Waals surface area contributed by atoms with E-state index in [4.69, 9.17) is 0 Å². The van der Waals surface area contributed by atoms with Crippen LogP contribution in [0, 0.1) is 0 Å². The summed E-state index contributed by atoms with van der Waals surface area (Å²) < 4.78 is 1.14. The largest absolute Gasteiger partial charge is 0.365 e. The Morgan fingerprint density at radius 1 is 1.40 bits per heavy atom. The number of hydrogen-bond acceptors (Lipinski definition) is 3. The first-order valence-corrected chi connectivity index (χ1v) is 6.32. The van der Waals surface area contributed by atoms with Crippen molar-refractivity contribution < 1.29 is 0 Å². The van der Waals surface area contributed by atoms with Crippen molar-refractivity contribution in [2.45, 2.75) is 6.42 Å². The van der Waals surface area contributed by atoms with Gasteiger partial charge in [0.1, 0.15) is 0 Å². The molecule has 4 heteroatoms.